The maximum atomic E-state index is 14.1. The summed E-state index contributed by atoms with van der Waals surface area (Å²) in [7, 11) is -3.98. The first-order chi connectivity index (χ1) is 19.3. The fourth-order valence-corrected chi connectivity index (χ4v) is 5.85. The number of benzene rings is 3. The molecular formula is C29H31Cl4N3O4S. The summed E-state index contributed by atoms with van der Waals surface area (Å²) in [6, 6.07) is 17.4. The predicted octanol–water partition coefficient (Wildman–Crippen LogP) is 6.62. The van der Waals surface area contributed by atoms with Crippen LogP contribution in [-0.4, -0.2) is 50.0 Å². The van der Waals surface area contributed by atoms with Crippen LogP contribution in [0, 0.1) is 0 Å². The van der Waals surface area contributed by atoms with Crippen LogP contribution in [0.4, 0.5) is 5.69 Å². The van der Waals surface area contributed by atoms with E-state index in [0.29, 0.717) is 22.0 Å². The molecular weight excluding hydrogens is 628 g/mol. The van der Waals surface area contributed by atoms with Gasteiger partial charge >= 0.3 is 0 Å². The number of anilines is 1. The number of halogens is 4. The van der Waals surface area contributed by atoms with Crippen molar-refractivity contribution in [2.24, 2.45) is 0 Å². The molecule has 2 unspecified atom stereocenters. The molecule has 7 nitrogen and oxygen atoms in total. The molecule has 2 atom stereocenters. The van der Waals surface area contributed by atoms with Gasteiger partial charge in [0.2, 0.25) is 21.8 Å². The van der Waals surface area contributed by atoms with Crippen LogP contribution < -0.4 is 9.62 Å². The Morgan fingerprint density at radius 1 is 0.878 bits per heavy atom. The number of amides is 2. The highest BCUT2D eigenvalue weighted by atomic mass is 35.5. The lowest BCUT2D eigenvalue weighted by atomic mass is 10.0. The molecule has 1 N–H and O–H groups in total. The highest BCUT2D eigenvalue weighted by Crippen LogP contribution is 2.31. The Bertz CT molecular complexity index is 1490. The Kier molecular flexibility index (Phi) is 11.8. The summed E-state index contributed by atoms with van der Waals surface area (Å²) < 4.78 is 26.7. The van der Waals surface area contributed by atoms with Crippen LogP contribution in [0.3, 0.4) is 0 Å². The molecule has 0 aliphatic carbocycles. The van der Waals surface area contributed by atoms with Gasteiger partial charge in [0.05, 0.1) is 27.0 Å². The van der Waals surface area contributed by atoms with E-state index in [0.717, 1.165) is 16.1 Å². The molecule has 12 heteroatoms. The highest BCUT2D eigenvalue weighted by molar-refractivity contribution is 7.92. The summed E-state index contributed by atoms with van der Waals surface area (Å²) in [5.74, 6) is -0.986. The molecule has 220 valence electrons. The van der Waals surface area contributed by atoms with Gasteiger partial charge in [0.25, 0.3) is 0 Å². The molecule has 0 heterocycles. The number of nitrogens with zero attached hydrogens (tertiary/aromatic N) is 2. The van der Waals surface area contributed by atoms with E-state index < -0.39 is 28.5 Å². The standard InChI is InChI=1S/C29H31Cl4N3O4S/c1-4-19(2)34-29(38)27(15-20-8-6-5-7-9-20)35(17-21-10-12-23(31)24(32)14-21)28(37)18-36(41(3,39)40)26-13-11-22(30)16-25(26)33/h5-14,16,19,27H,4,15,17-18H2,1-3H3,(H,34,38). The average molecular weight is 659 g/mol. The SMILES string of the molecule is CCC(C)NC(=O)C(Cc1ccccc1)N(Cc1ccc(Cl)c(Cl)c1)C(=O)CN(c1ccc(Cl)cc1Cl)S(C)(=O)=O. The van der Waals surface area contributed by atoms with Crippen LogP contribution in [0.25, 0.3) is 0 Å². The summed E-state index contributed by atoms with van der Waals surface area (Å²) in [4.78, 5) is 29.2. The first-order valence-electron chi connectivity index (χ1n) is 12.8. The molecule has 41 heavy (non-hydrogen) atoms. The highest BCUT2D eigenvalue weighted by Gasteiger charge is 2.34. The molecule has 3 rings (SSSR count). The lowest BCUT2D eigenvalue weighted by Crippen LogP contribution is -2.54. The average Bonchev–Trinajstić information content (AvgIpc) is 2.91. The van der Waals surface area contributed by atoms with Crippen molar-refractivity contribution in [3.05, 3.63) is 97.9 Å². The second-order valence-corrected chi connectivity index (χ2v) is 13.2. The monoisotopic (exact) mass is 657 g/mol. The number of carbonyl (C=O) groups is 2. The molecule has 0 spiro atoms. The third kappa shape index (κ3) is 9.25. The third-order valence-corrected chi connectivity index (χ3v) is 8.87. The van der Waals surface area contributed by atoms with Crippen LogP contribution in [0.15, 0.2) is 66.7 Å². The first-order valence-corrected chi connectivity index (χ1v) is 16.2. The van der Waals surface area contributed by atoms with Crippen LogP contribution in [0.2, 0.25) is 20.1 Å². The van der Waals surface area contributed by atoms with Crippen molar-refractivity contribution in [2.45, 2.75) is 45.3 Å². The number of hydrogen-bond acceptors (Lipinski definition) is 4. The fraction of sp³-hybridized carbons (Fsp3) is 0.310. The minimum absolute atomic E-state index is 0.0346. The molecule has 0 saturated carbocycles. The van der Waals surface area contributed by atoms with E-state index in [9.17, 15) is 18.0 Å². The summed E-state index contributed by atoms with van der Waals surface area (Å²) in [5, 5.41) is 3.96. The Labute approximate surface area is 261 Å². The zero-order valence-electron chi connectivity index (χ0n) is 22.8. The van der Waals surface area contributed by atoms with Crippen molar-refractivity contribution in [3.8, 4) is 0 Å². The molecule has 0 bridgehead atoms. The Morgan fingerprint density at radius 3 is 2.15 bits per heavy atom. The largest absolute Gasteiger partial charge is 0.352 e. The Morgan fingerprint density at radius 2 is 1.56 bits per heavy atom. The van der Waals surface area contributed by atoms with Gasteiger partial charge in [-0.25, -0.2) is 8.42 Å². The quantitative estimate of drug-likeness (QED) is 0.237. The van der Waals surface area contributed by atoms with E-state index in [1.54, 1.807) is 18.2 Å². The van der Waals surface area contributed by atoms with Crippen molar-refractivity contribution in [1.82, 2.24) is 10.2 Å². The summed E-state index contributed by atoms with van der Waals surface area (Å²) in [6.07, 6.45) is 1.85. The van der Waals surface area contributed by atoms with Crippen LogP contribution in [0.5, 0.6) is 0 Å². The molecule has 0 aromatic heterocycles. The van der Waals surface area contributed by atoms with Crippen LogP contribution >= 0.6 is 46.4 Å². The normalized spacial score (nSPS) is 12.9. The van der Waals surface area contributed by atoms with Crippen molar-refractivity contribution < 1.29 is 18.0 Å². The van der Waals surface area contributed by atoms with Gasteiger partial charge in [0.1, 0.15) is 12.6 Å². The first kappa shape index (κ1) is 33.0. The molecule has 0 saturated heterocycles. The second-order valence-electron chi connectivity index (χ2n) is 9.66. The van der Waals surface area contributed by atoms with Crippen molar-refractivity contribution in [2.75, 3.05) is 17.1 Å². The van der Waals surface area contributed by atoms with E-state index in [2.05, 4.69) is 5.32 Å². The lowest BCUT2D eigenvalue weighted by Gasteiger charge is -2.34. The summed E-state index contributed by atoms with van der Waals surface area (Å²) in [6.45, 7) is 3.17. The van der Waals surface area contributed by atoms with Gasteiger partial charge in [-0.05, 0) is 54.8 Å². The molecule has 0 radical (unpaired) electrons. The minimum atomic E-state index is -3.98. The van der Waals surface area contributed by atoms with Gasteiger partial charge in [-0.2, -0.15) is 0 Å². The maximum Gasteiger partial charge on any atom is 0.244 e. The van der Waals surface area contributed by atoms with Crippen molar-refractivity contribution in [1.29, 1.82) is 0 Å². The molecule has 3 aromatic rings. The minimum Gasteiger partial charge on any atom is -0.352 e. The smallest absolute Gasteiger partial charge is 0.244 e. The summed E-state index contributed by atoms with van der Waals surface area (Å²) >= 11 is 24.7. The van der Waals surface area contributed by atoms with E-state index in [1.165, 1.54) is 23.1 Å². The molecule has 0 aliphatic heterocycles. The number of hydrogen-bond donors (Lipinski definition) is 1. The van der Waals surface area contributed by atoms with Crippen molar-refractivity contribution in [3.63, 3.8) is 0 Å². The van der Waals surface area contributed by atoms with Crippen LogP contribution in [-0.2, 0) is 32.6 Å². The van der Waals surface area contributed by atoms with Gasteiger partial charge < -0.3 is 10.2 Å². The molecule has 0 fully saturated rings. The number of carbonyl (C=O) groups excluding carboxylic acids is 2. The fourth-order valence-electron chi connectivity index (χ4n) is 4.11. The summed E-state index contributed by atoms with van der Waals surface area (Å²) in [5.41, 5.74) is 1.52. The Hall–Kier alpha value is -2.49. The number of nitrogens with one attached hydrogen (secondary N) is 1. The van der Waals surface area contributed by atoms with Gasteiger partial charge in [-0.15, -0.1) is 0 Å². The second kappa shape index (κ2) is 14.6. The topological polar surface area (TPSA) is 86.8 Å². The zero-order chi connectivity index (χ0) is 30.3. The predicted molar refractivity (Wildman–Crippen MR) is 167 cm³/mol. The van der Waals surface area contributed by atoms with E-state index in [1.807, 2.05) is 44.2 Å². The van der Waals surface area contributed by atoms with E-state index in [-0.39, 0.29) is 40.6 Å². The van der Waals surface area contributed by atoms with Gasteiger partial charge in [-0.1, -0.05) is 89.7 Å². The van der Waals surface area contributed by atoms with Gasteiger partial charge in [-0.3, -0.25) is 13.9 Å². The van der Waals surface area contributed by atoms with Gasteiger partial charge in [0.15, 0.2) is 0 Å². The zero-order valence-corrected chi connectivity index (χ0v) is 26.6. The Balaban J connectivity index is 2.10. The number of sulfonamides is 1. The molecule has 2 amide bonds. The van der Waals surface area contributed by atoms with Crippen LogP contribution in [0.1, 0.15) is 31.4 Å². The number of rotatable bonds is 12. The van der Waals surface area contributed by atoms with E-state index >= 15 is 0 Å². The molecule has 3 aromatic carbocycles. The van der Waals surface area contributed by atoms with E-state index in [4.69, 9.17) is 46.4 Å². The third-order valence-electron chi connectivity index (χ3n) is 6.47. The maximum absolute atomic E-state index is 14.1. The lowest BCUT2D eigenvalue weighted by molar-refractivity contribution is -0.140. The van der Waals surface area contributed by atoms with Gasteiger partial charge in [0, 0.05) is 24.0 Å². The molecule has 0 aliphatic rings. The van der Waals surface area contributed by atoms with Crippen molar-refractivity contribution >= 4 is 73.9 Å².